The molecule has 2 fully saturated rings. The first-order valence-electron chi connectivity index (χ1n) is 6.72. The zero-order valence-electron chi connectivity index (χ0n) is 10.7. The second-order valence-electron chi connectivity index (χ2n) is 5.23. The SMILES string of the molecule is Cc1ncccc1C(=O)N1C2CCNCC1CC2. The highest BCUT2D eigenvalue weighted by molar-refractivity contribution is 5.95. The lowest BCUT2D eigenvalue weighted by Gasteiger charge is -2.28. The van der Waals surface area contributed by atoms with Crippen LogP contribution < -0.4 is 5.32 Å². The molecule has 1 amide bonds. The van der Waals surface area contributed by atoms with Gasteiger partial charge in [-0.05, 0) is 44.9 Å². The van der Waals surface area contributed by atoms with Crippen molar-refractivity contribution in [3.8, 4) is 0 Å². The van der Waals surface area contributed by atoms with Crippen LogP contribution in [-0.4, -0.2) is 41.0 Å². The summed E-state index contributed by atoms with van der Waals surface area (Å²) in [5.74, 6) is 0.164. The molecule has 96 valence electrons. The zero-order chi connectivity index (χ0) is 12.5. The Hall–Kier alpha value is -1.42. The van der Waals surface area contributed by atoms with Gasteiger partial charge in [-0.15, -0.1) is 0 Å². The Labute approximate surface area is 107 Å². The van der Waals surface area contributed by atoms with Gasteiger partial charge in [-0.1, -0.05) is 0 Å². The predicted octanol–water partition coefficient (Wildman–Crippen LogP) is 1.36. The molecule has 0 radical (unpaired) electrons. The van der Waals surface area contributed by atoms with Gasteiger partial charge >= 0.3 is 0 Å². The Morgan fingerprint density at radius 2 is 2.22 bits per heavy atom. The lowest BCUT2D eigenvalue weighted by Crippen LogP contribution is -2.42. The molecule has 0 aromatic carbocycles. The molecule has 4 heteroatoms. The summed E-state index contributed by atoms with van der Waals surface area (Å²) in [6.45, 7) is 3.86. The van der Waals surface area contributed by atoms with Crippen LogP contribution in [0.5, 0.6) is 0 Å². The molecule has 18 heavy (non-hydrogen) atoms. The van der Waals surface area contributed by atoms with Gasteiger partial charge in [0, 0.05) is 30.5 Å². The fourth-order valence-electron chi connectivity index (χ4n) is 3.16. The van der Waals surface area contributed by atoms with Crippen LogP contribution in [0, 0.1) is 6.92 Å². The van der Waals surface area contributed by atoms with Crippen LogP contribution in [0.25, 0.3) is 0 Å². The van der Waals surface area contributed by atoms with Crippen molar-refractivity contribution in [3.05, 3.63) is 29.6 Å². The Morgan fingerprint density at radius 3 is 3.06 bits per heavy atom. The van der Waals surface area contributed by atoms with Gasteiger partial charge in [0.25, 0.3) is 5.91 Å². The summed E-state index contributed by atoms with van der Waals surface area (Å²) < 4.78 is 0. The van der Waals surface area contributed by atoms with Crippen LogP contribution in [-0.2, 0) is 0 Å². The number of amides is 1. The highest BCUT2D eigenvalue weighted by Crippen LogP contribution is 2.29. The van der Waals surface area contributed by atoms with Gasteiger partial charge in [-0.25, -0.2) is 0 Å². The van der Waals surface area contributed by atoms with E-state index in [2.05, 4.69) is 15.2 Å². The first-order valence-corrected chi connectivity index (χ1v) is 6.72. The zero-order valence-corrected chi connectivity index (χ0v) is 10.7. The molecular formula is C14H19N3O. The Kier molecular flexibility index (Phi) is 3.04. The summed E-state index contributed by atoms with van der Waals surface area (Å²) in [5, 5.41) is 3.42. The van der Waals surface area contributed by atoms with Gasteiger partial charge < -0.3 is 10.2 Å². The van der Waals surface area contributed by atoms with E-state index in [1.165, 1.54) is 0 Å². The van der Waals surface area contributed by atoms with E-state index in [4.69, 9.17) is 0 Å². The molecule has 0 spiro atoms. The highest BCUT2D eigenvalue weighted by atomic mass is 16.2. The van der Waals surface area contributed by atoms with E-state index in [-0.39, 0.29) is 5.91 Å². The number of carbonyl (C=O) groups excluding carboxylic acids is 1. The molecule has 4 nitrogen and oxygen atoms in total. The van der Waals surface area contributed by atoms with Gasteiger partial charge in [0.15, 0.2) is 0 Å². The second-order valence-corrected chi connectivity index (χ2v) is 5.23. The summed E-state index contributed by atoms with van der Waals surface area (Å²) in [6, 6.07) is 4.52. The minimum atomic E-state index is 0.164. The number of rotatable bonds is 1. The first-order chi connectivity index (χ1) is 8.77. The van der Waals surface area contributed by atoms with Crippen molar-refractivity contribution in [3.63, 3.8) is 0 Å². The number of aryl methyl sites for hydroxylation is 1. The Balaban J connectivity index is 1.90. The molecule has 1 aromatic heterocycles. The molecule has 1 N–H and O–H groups in total. The molecule has 2 bridgehead atoms. The van der Waals surface area contributed by atoms with Crippen molar-refractivity contribution in [2.24, 2.45) is 0 Å². The number of nitrogens with zero attached hydrogens (tertiary/aromatic N) is 2. The molecule has 3 heterocycles. The van der Waals surface area contributed by atoms with Crippen molar-refractivity contribution in [1.82, 2.24) is 15.2 Å². The van der Waals surface area contributed by atoms with E-state index < -0.39 is 0 Å². The molecule has 0 saturated carbocycles. The largest absolute Gasteiger partial charge is 0.331 e. The fourth-order valence-corrected chi connectivity index (χ4v) is 3.16. The monoisotopic (exact) mass is 245 g/mol. The highest BCUT2D eigenvalue weighted by Gasteiger charge is 2.38. The van der Waals surface area contributed by atoms with Crippen molar-refractivity contribution in [2.75, 3.05) is 13.1 Å². The van der Waals surface area contributed by atoms with E-state index in [9.17, 15) is 4.79 Å². The number of hydrogen-bond donors (Lipinski definition) is 1. The van der Waals surface area contributed by atoms with Crippen LogP contribution in [0.3, 0.4) is 0 Å². The standard InChI is InChI=1S/C14H19N3O/c1-10-13(3-2-7-16-10)14(18)17-11-4-5-12(17)9-15-8-6-11/h2-3,7,11-12,15H,4-6,8-9H2,1H3. The summed E-state index contributed by atoms with van der Waals surface area (Å²) in [7, 11) is 0. The minimum Gasteiger partial charge on any atom is -0.331 e. The molecule has 1 aromatic rings. The van der Waals surface area contributed by atoms with Gasteiger partial charge in [-0.3, -0.25) is 9.78 Å². The molecular weight excluding hydrogens is 226 g/mol. The topological polar surface area (TPSA) is 45.2 Å². The number of pyridine rings is 1. The van der Waals surface area contributed by atoms with E-state index in [1.807, 2.05) is 19.1 Å². The van der Waals surface area contributed by atoms with E-state index in [1.54, 1.807) is 6.20 Å². The Bertz CT molecular complexity index is 446. The third kappa shape index (κ3) is 1.90. The molecule has 2 aliphatic rings. The molecule has 2 saturated heterocycles. The van der Waals surface area contributed by atoms with Crippen molar-refractivity contribution < 1.29 is 4.79 Å². The smallest absolute Gasteiger partial charge is 0.256 e. The lowest BCUT2D eigenvalue weighted by molar-refractivity contribution is 0.0679. The predicted molar refractivity (Wildman–Crippen MR) is 69.4 cm³/mol. The van der Waals surface area contributed by atoms with E-state index in [0.29, 0.717) is 12.1 Å². The van der Waals surface area contributed by atoms with Gasteiger partial charge in [-0.2, -0.15) is 0 Å². The minimum absolute atomic E-state index is 0.164. The third-order valence-corrected chi connectivity index (χ3v) is 4.13. The maximum Gasteiger partial charge on any atom is 0.256 e. The molecule has 3 rings (SSSR count). The van der Waals surface area contributed by atoms with Crippen molar-refractivity contribution in [2.45, 2.75) is 38.3 Å². The average molecular weight is 245 g/mol. The van der Waals surface area contributed by atoms with Crippen LogP contribution in [0.15, 0.2) is 18.3 Å². The van der Waals surface area contributed by atoms with Crippen LogP contribution in [0.2, 0.25) is 0 Å². The summed E-state index contributed by atoms with van der Waals surface area (Å²) in [5.41, 5.74) is 1.59. The van der Waals surface area contributed by atoms with Crippen molar-refractivity contribution in [1.29, 1.82) is 0 Å². The lowest BCUT2D eigenvalue weighted by atomic mass is 10.1. The third-order valence-electron chi connectivity index (χ3n) is 4.13. The number of fused-ring (bicyclic) bond motifs is 2. The normalized spacial score (nSPS) is 27.1. The maximum absolute atomic E-state index is 12.7. The van der Waals surface area contributed by atoms with Gasteiger partial charge in [0.1, 0.15) is 0 Å². The number of hydrogen-bond acceptors (Lipinski definition) is 3. The van der Waals surface area contributed by atoms with Crippen LogP contribution in [0.1, 0.15) is 35.3 Å². The number of nitrogens with one attached hydrogen (secondary N) is 1. The summed E-state index contributed by atoms with van der Waals surface area (Å²) in [6.07, 6.45) is 5.09. The fraction of sp³-hybridized carbons (Fsp3) is 0.571. The van der Waals surface area contributed by atoms with Crippen LogP contribution >= 0.6 is 0 Å². The van der Waals surface area contributed by atoms with E-state index >= 15 is 0 Å². The molecule has 2 aliphatic heterocycles. The van der Waals surface area contributed by atoms with Crippen molar-refractivity contribution >= 4 is 5.91 Å². The number of aromatic nitrogens is 1. The molecule has 0 aliphatic carbocycles. The Morgan fingerprint density at radius 1 is 1.39 bits per heavy atom. The van der Waals surface area contributed by atoms with Gasteiger partial charge in [0.2, 0.25) is 0 Å². The quantitative estimate of drug-likeness (QED) is 0.812. The van der Waals surface area contributed by atoms with Crippen LogP contribution in [0.4, 0.5) is 0 Å². The van der Waals surface area contributed by atoms with Gasteiger partial charge in [0.05, 0.1) is 5.56 Å². The maximum atomic E-state index is 12.7. The molecule has 2 atom stereocenters. The first kappa shape index (κ1) is 11.7. The molecule has 2 unspecified atom stereocenters. The number of carbonyl (C=O) groups is 1. The second kappa shape index (κ2) is 4.69. The summed E-state index contributed by atoms with van der Waals surface area (Å²) in [4.78, 5) is 19.0. The average Bonchev–Trinajstić information content (AvgIpc) is 2.62. The van der Waals surface area contributed by atoms with E-state index in [0.717, 1.165) is 43.6 Å². The summed E-state index contributed by atoms with van der Waals surface area (Å²) >= 11 is 0.